The van der Waals surface area contributed by atoms with Crippen LogP contribution in [-0.4, -0.2) is 5.11 Å². The summed E-state index contributed by atoms with van der Waals surface area (Å²) >= 11 is 0. The normalized spacial score (nSPS) is 9.53. The Morgan fingerprint density at radius 2 is 1.65 bits per heavy atom. The zero-order valence-electron chi connectivity index (χ0n) is 9.77. The van der Waals surface area contributed by atoms with Crippen LogP contribution in [0.1, 0.15) is 22.3 Å². The number of hydrogen-bond donors (Lipinski definition) is 1. The van der Waals surface area contributed by atoms with E-state index in [1.165, 1.54) is 5.56 Å². The summed E-state index contributed by atoms with van der Waals surface area (Å²) in [7, 11) is 0. The van der Waals surface area contributed by atoms with Crippen molar-refractivity contribution in [1.82, 2.24) is 0 Å². The molecule has 0 amide bonds. The van der Waals surface area contributed by atoms with Crippen molar-refractivity contribution < 1.29 is 5.11 Å². The molecule has 0 aliphatic heterocycles. The van der Waals surface area contributed by atoms with Crippen molar-refractivity contribution in [1.29, 1.82) is 0 Å². The second-order valence-electron chi connectivity index (χ2n) is 3.93. The molecule has 2 rings (SSSR count). The molecule has 0 spiro atoms. The van der Waals surface area contributed by atoms with E-state index in [2.05, 4.69) is 18.8 Å². The molecule has 0 aromatic heterocycles. The molecule has 0 bridgehead atoms. The van der Waals surface area contributed by atoms with Gasteiger partial charge in [0.05, 0.1) is 6.61 Å². The Balaban J connectivity index is 2.29. The Kier molecular flexibility index (Phi) is 3.59. The van der Waals surface area contributed by atoms with Crippen molar-refractivity contribution in [3.63, 3.8) is 0 Å². The highest BCUT2D eigenvalue weighted by Gasteiger charge is 1.95. The average Bonchev–Trinajstić information content (AvgIpc) is 2.38. The zero-order valence-corrected chi connectivity index (χ0v) is 9.77. The molecule has 0 aliphatic rings. The third kappa shape index (κ3) is 2.96. The van der Waals surface area contributed by atoms with Crippen LogP contribution in [0.4, 0.5) is 0 Å². The van der Waals surface area contributed by atoms with E-state index >= 15 is 0 Å². The third-order valence-electron chi connectivity index (χ3n) is 2.58. The number of rotatable bonds is 1. The molecule has 1 heteroatoms. The highest BCUT2D eigenvalue weighted by Crippen LogP contribution is 2.07. The number of aliphatic hydroxyl groups excluding tert-OH is 1. The molecule has 2 aromatic rings. The molecule has 0 radical (unpaired) electrons. The summed E-state index contributed by atoms with van der Waals surface area (Å²) in [5, 5.41) is 9.18. The van der Waals surface area contributed by atoms with Crippen LogP contribution in [0.5, 0.6) is 0 Å². The average molecular weight is 222 g/mol. The maximum atomic E-state index is 9.18. The van der Waals surface area contributed by atoms with Crippen molar-refractivity contribution in [3.8, 4) is 11.8 Å². The van der Waals surface area contributed by atoms with Gasteiger partial charge in [0.25, 0.3) is 0 Å². The summed E-state index contributed by atoms with van der Waals surface area (Å²) in [6.07, 6.45) is 0. The Morgan fingerprint density at radius 3 is 2.35 bits per heavy atom. The number of aryl methyl sites for hydroxylation is 1. The Bertz CT molecular complexity index is 556. The molecule has 17 heavy (non-hydrogen) atoms. The van der Waals surface area contributed by atoms with E-state index in [-0.39, 0.29) is 6.61 Å². The Labute approximate surface area is 102 Å². The van der Waals surface area contributed by atoms with E-state index in [4.69, 9.17) is 0 Å². The molecule has 0 saturated heterocycles. The van der Waals surface area contributed by atoms with Gasteiger partial charge in [0.2, 0.25) is 0 Å². The zero-order chi connectivity index (χ0) is 12.1. The van der Waals surface area contributed by atoms with Gasteiger partial charge in [-0.1, -0.05) is 47.7 Å². The SMILES string of the molecule is Cc1ccc(C#Cc2ccccc2CO)cc1. The van der Waals surface area contributed by atoms with Crippen LogP contribution in [0, 0.1) is 18.8 Å². The van der Waals surface area contributed by atoms with Gasteiger partial charge in [0, 0.05) is 11.1 Å². The van der Waals surface area contributed by atoms with Crippen LogP contribution in [-0.2, 0) is 6.61 Å². The molecule has 0 unspecified atom stereocenters. The first-order valence-corrected chi connectivity index (χ1v) is 5.57. The molecule has 0 aliphatic carbocycles. The van der Waals surface area contributed by atoms with Crippen LogP contribution >= 0.6 is 0 Å². The molecule has 84 valence electrons. The lowest BCUT2D eigenvalue weighted by atomic mass is 10.1. The number of benzene rings is 2. The summed E-state index contributed by atoms with van der Waals surface area (Å²) in [4.78, 5) is 0. The van der Waals surface area contributed by atoms with Crippen molar-refractivity contribution >= 4 is 0 Å². The molecule has 2 aromatic carbocycles. The van der Waals surface area contributed by atoms with Crippen molar-refractivity contribution in [3.05, 3.63) is 70.8 Å². The van der Waals surface area contributed by atoms with Gasteiger partial charge in [-0.05, 0) is 30.7 Å². The minimum Gasteiger partial charge on any atom is -0.392 e. The monoisotopic (exact) mass is 222 g/mol. The van der Waals surface area contributed by atoms with E-state index in [9.17, 15) is 5.11 Å². The van der Waals surface area contributed by atoms with Gasteiger partial charge in [-0.2, -0.15) is 0 Å². The Morgan fingerprint density at radius 1 is 0.941 bits per heavy atom. The predicted octanol–water partition coefficient (Wildman–Crippen LogP) is 2.89. The van der Waals surface area contributed by atoms with E-state index < -0.39 is 0 Å². The van der Waals surface area contributed by atoms with Gasteiger partial charge in [0.1, 0.15) is 0 Å². The fourth-order valence-corrected chi connectivity index (χ4v) is 1.56. The molecule has 0 fully saturated rings. The van der Waals surface area contributed by atoms with E-state index in [0.717, 1.165) is 16.7 Å². The lowest BCUT2D eigenvalue weighted by Gasteiger charge is -1.98. The molecular weight excluding hydrogens is 208 g/mol. The van der Waals surface area contributed by atoms with Gasteiger partial charge < -0.3 is 5.11 Å². The van der Waals surface area contributed by atoms with Crippen LogP contribution in [0.2, 0.25) is 0 Å². The Hall–Kier alpha value is -2.04. The molecule has 0 atom stereocenters. The van der Waals surface area contributed by atoms with Gasteiger partial charge in [-0.25, -0.2) is 0 Å². The quantitative estimate of drug-likeness (QED) is 0.736. The van der Waals surface area contributed by atoms with Crippen molar-refractivity contribution in [2.45, 2.75) is 13.5 Å². The largest absolute Gasteiger partial charge is 0.392 e. The van der Waals surface area contributed by atoms with Crippen LogP contribution in [0.15, 0.2) is 48.5 Å². The first-order chi connectivity index (χ1) is 8.29. The topological polar surface area (TPSA) is 20.2 Å². The standard InChI is InChI=1S/C16H14O/c1-13-6-8-14(9-7-13)10-11-15-4-2-3-5-16(15)12-17/h2-9,17H,12H2,1H3. The summed E-state index contributed by atoms with van der Waals surface area (Å²) in [5.74, 6) is 6.19. The lowest BCUT2D eigenvalue weighted by Crippen LogP contribution is -1.88. The summed E-state index contributed by atoms with van der Waals surface area (Å²) in [6, 6.07) is 15.7. The van der Waals surface area contributed by atoms with Crippen molar-refractivity contribution in [2.75, 3.05) is 0 Å². The van der Waals surface area contributed by atoms with Crippen molar-refractivity contribution in [2.24, 2.45) is 0 Å². The van der Waals surface area contributed by atoms with E-state index in [1.807, 2.05) is 48.5 Å². The van der Waals surface area contributed by atoms with Gasteiger partial charge in [-0.3, -0.25) is 0 Å². The summed E-state index contributed by atoms with van der Waals surface area (Å²) in [5.41, 5.74) is 3.97. The fourth-order valence-electron chi connectivity index (χ4n) is 1.56. The van der Waals surface area contributed by atoms with Gasteiger partial charge in [-0.15, -0.1) is 0 Å². The second kappa shape index (κ2) is 5.34. The third-order valence-corrected chi connectivity index (χ3v) is 2.58. The smallest absolute Gasteiger partial charge is 0.0694 e. The summed E-state index contributed by atoms with van der Waals surface area (Å²) in [6.45, 7) is 2.08. The fraction of sp³-hybridized carbons (Fsp3) is 0.125. The molecule has 1 nitrogen and oxygen atoms in total. The van der Waals surface area contributed by atoms with E-state index in [0.29, 0.717) is 0 Å². The van der Waals surface area contributed by atoms with Gasteiger partial charge >= 0.3 is 0 Å². The minimum atomic E-state index is 0.0265. The highest BCUT2D eigenvalue weighted by molar-refractivity contribution is 5.46. The predicted molar refractivity (Wildman–Crippen MR) is 69.5 cm³/mol. The summed E-state index contributed by atoms with van der Waals surface area (Å²) < 4.78 is 0. The van der Waals surface area contributed by atoms with Crippen LogP contribution in [0.25, 0.3) is 0 Å². The van der Waals surface area contributed by atoms with Crippen LogP contribution in [0.3, 0.4) is 0 Å². The first-order valence-electron chi connectivity index (χ1n) is 5.57. The maximum Gasteiger partial charge on any atom is 0.0694 e. The molecule has 1 N–H and O–H groups in total. The maximum absolute atomic E-state index is 9.18. The van der Waals surface area contributed by atoms with E-state index in [1.54, 1.807) is 0 Å². The lowest BCUT2D eigenvalue weighted by molar-refractivity contribution is 0.281. The van der Waals surface area contributed by atoms with Crippen LogP contribution < -0.4 is 0 Å². The molecular formula is C16H14O. The molecule has 0 heterocycles. The first kappa shape index (κ1) is 11.4. The minimum absolute atomic E-state index is 0.0265. The number of hydrogen-bond acceptors (Lipinski definition) is 1. The second-order valence-corrected chi connectivity index (χ2v) is 3.93. The molecule has 0 saturated carbocycles. The van der Waals surface area contributed by atoms with Gasteiger partial charge in [0.15, 0.2) is 0 Å². The number of aliphatic hydroxyl groups is 1. The highest BCUT2D eigenvalue weighted by atomic mass is 16.3.